The van der Waals surface area contributed by atoms with E-state index in [9.17, 15) is 9.59 Å². The number of rotatable bonds is 1. The van der Waals surface area contributed by atoms with Gasteiger partial charge in [0, 0.05) is 11.8 Å². The molecule has 0 fully saturated rings. The first-order valence-corrected chi connectivity index (χ1v) is 4.11. The largest absolute Gasteiger partial charge is 0.443 e. The molecule has 0 aliphatic rings. The van der Waals surface area contributed by atoms with Gasteiger partial charge in [-0.25, -0.2) is 4.98 Å². The minimum Gasteiger partial charge on any atom is -0.443 e. The van der Waals surface area contributed by atoms with E-state index < -0.39 is 11.8 Å². The highest BCUT2D eigenvalue weighted by atomic mass is 16.3. The average Bonchev–Trinajstić information content (AvgIpc) is 2.64. The lowest BCUT2D eigenvalue weighted by Crippen LogP contribution is -2.29. The molecular formula is C9H7N3O3. The third-order valence-electron chi connectivity index (χ3n) is 1.81. The molecule has 0 aliphatic carbocycles. The quantitative estimate of drug-likeness (QED) is 0.652. The van der Waals surface area contributed by atoms with Crippen LogP contribution in [0.4, 0.5) is 5.69 Å². The molecule has 1 aromatic carbocycles. The molecule has 0 bridgehead atoms. The van der Waals surface area contributed by atoms with Crippen molar-refractivity contribution in [3.63, 3.8) is 0 Å². The van der Waals surface area contributed by atoms with Crippen molar-refractivity contribution in [1.29, 1.82) is 0 Å². The number of amides is 2. The van der Waals surface area contributed by atoms with Gasteiger partial charge in [-0.1, -0.05) is 0 Å². The lowest BCUT2D eigenvalue weighted by molar-refractivity contribution is -0.134. The lowest BCUT2D eigenvalue weighted by Gasteiger charge is -2.00. The number of anilines is 1. The fourth-order valence-electron chi connectivity index (χ4n) is 1.13. The molecule has 1 heterocycles. The van der Waals surface area contributed by atoms with E-state index in [1.54, 1.807) is 18.2 Å². The molecule has 6 nitrogen and oxygen atoms in total. The number of primary amides is 1. The third kappa shape index (κ3) is 1.78. The fourth-order valence-corrected chi connectivity index (χ4v) is 1.13. The molecule has 15 heavy (non-hydrogen) atoms. The molecule has 0 atom stereocenters. The van der Waals surface area contributed by atoms with Gasteiger partial charge >= 0.3 is 11.8 Å². The van der Waals surface area contributed by atoms with Gasteiger partial charge in [0.1, 0.15) is 5.52 Å². The lowest BCUT2D eigenvalue weighted by atomic mass is 10.3. The number of carbonyl (C=O) groups is 2. The van der Waals surface area contributed by atoms with Crippen LogP contribution in [0.5, 0.6) is 0 Å². The van der Waals surface area contributed by atoms with Crippen LogP contribution in [0.25, 0.3) is 11.1 Å². The highest BCUT2D eigenvalue weighted by molar-refractivity contribution is 6.39. The zero-order valence-corrected chi connectivity index (χ0v) is 7.56. The van der Waals surface area contributed by atoms with E-state index in [2.05, 4.69) is 10.3 Å². The fraction of sp³-hybridized carbons (Fsp3) is 0. The summed E-state index contributed by atoms with van der Waals surface area (Å²) in [5, 5.41) is 2.32. The van der Waals surface area contributed by atoms with Crippen LogP contribution in [0, 0.1) is 0 Å². The molecule has 2 aromatic rings. The number of aromatic nitrogens is 1. The van der Waals surface area contributed by atoms with Crippen molar-refractivity contribution in [2.24, 2.45) is 5.73 Å². The summed E-state index contributed by atoms with van der Waals surface area (Å²) in [5.74, 6) is -1.90. The molecule has 2 rings (SSSR count). The molecule has 3 N–H and O–H groups in total. The first-order valence-electron chi connectivity index (χ1n) is 4.11. The molecular weight excluding hydrogens is 198 g/mol. The molecule has 76 valence electrons. The van der Waals surface area contributed by atoms with Crippen molar-refractivity contribution in [3.05, 3.63) is 24.6 Å². The summed E-state index contributed by atoms with van der Waals surface area (Å²) in [7, 11) is 0. The minimum absolute atomic E-state index is 0.433. The monoisotopic (exact) mass is 205 g/mol. The van der Waals surface area contributed by atoms with E-state index in [0.717, 1.165) is 0 Å². The van der Waals surface area contributed by atoms with E-state index in [0.29, 0.717) is 16.8 Å². The van der Waals surface area contributed by atoms with Gasteiger partial charge in [0.15, 0.2) is 12.0 Å². The van der Waals surface area contributed by atoms with Gasteiger partial charge < -0.3 is 15.5 Å². The SMILES string of the molecule is NC(=O)C(=O)Nc1ccc2ncoc2c1. The van der Waals surface area contributed by atoms with Gasteiger partial charge in [0.25, 0.3) is 0 Å². The number of hydrogen-bond acceptors (Lipinski definition) is 4. The Hall–Kier alpha value is -2.37. The first-order chi connectivity index (χ1) is 7.16. The molecule has 6 heteroatoms. The van der Waals surface area contributed by atoms with Gasteiger partial charge in [0.2, 0.25) is 0 Å². The zero-order chi connectivity index (χ0) is 10.8. The molecule has 0 saturated heterocycles. The predicted molar refractivity (Wildman–Crippen MR) is 51.8 cm³/mol. The third-order valence-corrected chi connectivity index (χ3v) is 1.81. The maximum Gasteiger partial charge on any atom is 0.313 e. The maximum atomic E-state index is 11.0. The maximum absolute atomic E-state index is 11.0. The number of carbonyl (C=O) groups excluding carboxylic acids is 2. The first kappa shape index (κ1) is 9.20. The van der Waals surface area contributed by atoms with Gasteiger partial charge in [-0.2, -0.15) is 0 Å². The van der Waals surface area contributed by atoms with Crippen LogP contribution in [0.1, 0.15) is 0 Å². The molecule has 0 aliphatic heterocycles. The number of oxazole rings is 1. The molecule has 0 spiro atoms. The van der Waals surface area contributed by atoms with Crippen LogP contribution in [-0.4, -0.2) is 16.8 Å². The van der Waals surface area contributed by atoms with Gasteiger partial charge in [-0.05, 0) is 12.1 Å². The highest BCUT2D eigenvalue weighted by Gasteiger charge is 2.09. The number of nitrogens with one attached hydrogen (secondary N) is 1. The van der Waals surface area contributed by atoms with E-state index in [1.807, 2.05) is 0 Å². The summed E-state index contributed by atoms with van der Waals surface area (Å²) in [6.45, 7) is 0. The number of benzene rings is 1. The normalized spacial score (nSPS) is 10.1. The van der Waals surface area contributed by atoms with Crippen molar-refractivity contribution in [1.82, 2.24) is 4.98 Å². The molecule has 2 amide bonds. The van der Waals surface area contributed by atoms with E-state index in [4.69, 9.17) is 10.2 Å². The van der Waals surface area contributed by atoms with Crippen molar-refractivity contribution in [3.8, 4) is 0 Å². The Kier molecular flexibility index (Phi) is 2.09. The standard InChI is InChI=1S/C9H7N3O3/c10-8(13)9(14)12-5-1-2-6-7(3-5)15-4-11-6/h1-4H,(H2,10,13)(H,12,14). The summed E-state index contributed by atoms with van der Waals surface area (Å²) in [6.07, 6.45) is 1.30. The number of nitrogens with two attached hydrogens (primary N) is 1. The molecule has 0 saturated carbocycles. The predicted octanol–water partition coefficient (Wildman–Crippen LogP) is 0.252. The summed E-state index contributed by atoms with van der Waals surface area (Å²) in [4.78, 5) is 25.3. The van der Waals surface area contributed by atoms with Crippen LogP contribution in [0.2, 0.25) is 0 Å². The van der Waals surface area contributed by atoms with Crippen LogP contribution in [0.3, 0.4) is 0 Å². The Labute approximate surface area is 84.1 Å². The smallest absolute Gasteiger partial charge is 0.313 e. The van der Waals surface area contributed by atoms with Crippen molar-refractivity contribution in [2.75, 3.05) is 5.32 Å². The highest BCUT2D eigenvalue weighted by Crippen LogP contribution is 2.17. The summed E-state index contributed by atoms with van der Waals surface area (Å²) in [5.41, 5.74) is 6.42. The zero-order valence-electron chi connectivity index (χ0n) is 7.56. The Morgan fingerprint density at radius 3 is 2.93 bits per heavy atom. The van der Waals surface area contributed by atoms with Crippen molar-refractivity contribution in [2.45, 2.75) is 0 Å². The summed E-state index contributed by atoms with van der Waals surface area (Å²) >= 11 is 0. The van der Waals surface area contributed by atoms with Crippen LogP contribution in [-0.2, 0) is 9.59 Å². The Balaban J connectivity index is 2.28. The molecule has 0 unspecified atom stereocenters. The van der Waals surface area contributed by atoms with Crippen molar-refractivity contribution >= 4 is 28.6 Å². The Bertz CT molecular complexity index is 532. The van der Waals surface area contributed by atoms with Gasteiger partial charge in [-0.15, -0.1) is 0 Å². The second-order valence-electron chi connectivity index (χ2n) is 2.85. The number of fused-ring (bicyclic) bond motifs is 1. The average molecular weight is 205 g/mol. The van der Waals surface area contributed by atoms with Crippen molar-refractivity contribution < 1.29 is 14.0 Å². The Morgan fingerprint density at radius 2 is 2.20 bits per heavy atom. The second-order valence-corrected chi connectivity index (χ2v) is 2.85. The van der Waals surface area contributed by atoms with Gasteiger partial charge in [-0.3, -0.25) is 9.59 Å². The van der Waals surface area contributed by atoms with Crippen LogP contribution >= 0.6 is 0 Å². The topological polar surface area (TPSA) is 98.2 Å². The molecule has 1 aromatic heterocycles. The Morgan fingerprint density at radius 1 is 1.40 bits per heavy atom. The molecule has 0 radical (unpaired) electrons. The van der Waals surface area contributed by atoms with E-state index in [1.165, 1.54) is 6.39 Å². The van der Waals surface area contributed by atoms with Crippen LogP contribution in [0.15, 0.2) is 29.0 Å². The minimum atomic E-state index is -1.03. The summed E-state index contributed by atoms with van der Waals surface area (Å²) in [6, 6.07) is 4.82. The van der Waals surface area contributed by atoms with Gasteiger partial charge in [0.05, 0.1) is 0 Å². The summed E-state index contributed by atoms with van der Waals surface area (Å²) < 4.78 is 5.02. The van der Waals surface area contributed by atoms with E-state index >= 15 is 0 Å². The number of nitrogens with zero attached hydrogens (tertiary/aromatic N) is 1. The van der Waals surface area contributed by atoms with E-state index in [-0.39, 0.29) is 0 Å². The van der Waals surface area contributed by atoms with Crippen LogP contribution < -0.4 is 11.1 Å². The number of hydrogen-bond donors (Lipinski definition) is 2. The second kappa shape index (κ2) is 3.41.